The van der Waals surface area contributed by atoms with Crippen LogP contribution in [0.15, 0.2) is 30.6 Å². The third-order valence-corrected chi connectivity index (χ3v) is 7.39. The SMILES string of the molecule is Cc1cc2c(c(N)n1)CCC2NC(=O)c1cnn(Cc2ccc(N3CC4CC4C3)nc2C)c1. The first kappa shape index (κ1) is 20.2. The molecule has 1 saturated heterocycles. The zero-order chi connectivity index (χ0) is 22.7. The molecule has 3 atom stereocenters. The van der Waals surface area contributed by atoms with Crippen LogP contribution in [0.2, 0.25) is 0 Å². The molecular weight excluding hydrogens is 414 g/mol. The van der Waals surface area contributed by atoms with Crippen molar-refractivity contribution < 1.29 is 4.79 Å². The summed E-state index contributed by atoms with van der Waals surface area (Å²) in [5.41, 5.74) is 11.8. The highest BCUT2D eigenvalue weighted by atomic mass is 16.1. The molecule has 3 unspecified atom stereocenters. The number of pyridine rings is 2. The number of nitrogens with two attached hydrogens (primary N) is 1. The summed E-state index contributed by atoms with van der Waals surface area (Å²) in [5, 5.41) is 7.57. The lowest BCUT2D eigenvalue weighted by Crippen LogP contribution is -2.27. The molecule has 170 valence electrons. The second-order valence-electron chi connectivity index (χ2n) is 9.78. The van der Waals surface area contributed by atoms with Crippen LogP contribution in [0.5, 0.6) is 0 Å². The number of carbonyl (C=O) groups is 1. The average molecular weight is 444 g/mol. The van der Waals surface area contributed by atoms with E-state index in [9.17, 15) is 4.79 Å². The van der Waals surface area contributed by atoms with E-state index in [1.807, 2.05) is 19.9 Å². The Bertz CT molecular complexity index is 1240. The molecule has 0 radical (unpaired) electrons. The van der Waals surface area contributed by atoms with Crippen LogP contribution in [0.3, 0.4) is 0 Å². The molecule has 0 bridgehead atoms. The summed E-state index contributed by atoms with van der Waals surface area (Å²) >= 11 is 0. The minimum Gasteiger partial charge on any atom is -0.383 e. The molecule has 2 fully saturated rings. The van der Waals surface area contributed by atoms with E-state index in [1.54, 1.807) is 17.1 Å². The average Bonchev–Trinajstić information content (AvgIpc) is 3.16. The largest absolute Gasteiger partial charge is 0.383 e. The Balaban J connectivity index is 1.12. The molecule has 3 aliphatic rings. The van der Waals surface area contributed by atoms with Crippen molar-refractivity contribution in [2.24, 2.45) is 11.8 Å². The van der Waals surface area contributed by atoms with Gasteiger partial charge in [-0.1, -0.05) is 6.07 Å². The summed E-state index contributed by atoms with van der Waals surface area (Å²) < 4.78 is 1.80. The van der Waals surface area contributed by atoms with Gasteiger partial charge in [0.05, 0.1) is 24.3 Å². The number of nitrogens with one attached hydrogen (secondary N) is 1. The fourth-order valence-electron chi connectivity index (χ4n) is 5.42. The molecule has 8 heteroatoms. The first-order valence-electron chi connectivity index (χ1n) is 11.8. The van der Waals surface area contributed by atoms with E-state index in [4.69, 9.17) is 10.7 Å². The zero-order valence-corrected chi connectivity index (χ0v) is 19.1. The van der Waals surface area contributed by atoms with E-state index in [0.29, 0.717) is 17.9 Å². The molecule has 1 aliphatic heterocycles. The van der Waals surface area contributed by atoms with Crippen LogP contribution >= 0.6 is 0 Å². The van der Waals surface area contributed by atoms with Crippen molar-refractivity contribution in [3.63, 3.8) is 0 Å². The normalized spacial score (nSPS) is 22.8. The summed E-state index contributed by atoms with van der Waals surface area (Å²) in [6.07, 6.45) is 6.49. The number of aromatic nitrogens is 4. The van der Waals surface area contributed by atoms with Gasteiger partial charge in [0.15, 0.2) is 0 Å². The predicted molar refractivity (Wildman–Crippen MR) is 126 cm³/mol. The van der Waals surface area contributed by atoms with E-state index < -0.39 is 0 Å². The number of nitrogens with zero attached hydrogens (tertiary/aromatic N) is 5. The van der Waals surface area contributed by atoms with Crippen molar-refractivity contribution in [1.82, 2.24) is 25.1 Å². The molecule has 4 heterocycles. The van der Waals surface area contributed by atoms with E-state index in [1.165, 1.54) is 6.42 Å². The molecule has 1 amide bonds. The van der Waals surface area contributed by atoms with Gasteiger partial charge < -0.3 is 16.0 Å². The Morgan fingerprint density at radius 3 is 2.82 bits per heavy atom. The Kier molecular flexibility index (Phi) is 4.64. The predicted octanol–water partition coefficient (Wildman–Crippen LogP) is 2.79. The molecular formula is C25H29N7O. The molecule has 6 rings (SSSR count). The number of fused-ring (bicyclic) bond motifs is 2. The fraction of sp³-hybridized carbons (Fsp3) is 0.440. The molecule has 2 aliphatic carbocycles. The second kappa shape index (κ2) is 7.57. The molecule has 33 heavy (non-hydrogen) atoms. The van der Waals surface area contributed by atoms with Crippen LogP contribution in [0.4, 0.5) is 11.6 Å². The van der Waals surface area contributed by atoms with Crippen LogP contribution in [-0.2, 0) is 13.0 Å². The van der Waals surface area contributed by atoms with Gasteiger partial charge in [0.2, 0.25) is 0 Å². The number of rotatable bonds is 5. The van der Waals surface area contributed by atoms with Crippen LogP contribution in [0, 0.1) is 25.7 Å². The van der Waals surface area contributed by atoms with Gasteiger partial charge in [0, 0.05) is 30.7 Å². The van der Waals surface area contributed by atoms with Crippen molar-refractivity contribution in [2.75, 3.05) is 23.7 Å². The lowest BCUT2D eigenvalue weighted by Gasteiger charge is -2.20. The minimum absolute atomic E-state index is 0.0459. The van der Waals surface area contributed by atoms with Gasteiger partial charge in [0.1, 0.15) is 11.6 Å². The Morgan fingerprint density at radius 1 is 1.21 bits per heavy atom. The molecule has 3 aromatic rings. The monoisotopic (exact) mass is 443 g/mol. The van der Waals surface area contributed by atoms with Gasteiger partial charge in [-0.3, -0.25) is 9.48 Å². The Morgan fingerprint density at radius 2 is 2.03 bits per heavy atom. The maximum Gasteiger partial charge on any atom is 0.254 e. The summed E-state index contributed by atoms with van der Waals surface area (Å²) in [6, 6.07) is 6.23. The number of carbonyl (C=O) groups excluding carboxylic acids is 1. The van der Waals surface area contributed by atoms with Crippen molar-refractivity contribution in [3.8, 4) is 0 Å². The molecule has 3 aromatic heterocycles. The lowest BCUT2D eigenvalue weighted by atomic mass is 10.1. The third kappa shape index (κ3) is 3.73. The summed E-state index contributed by atoms with van der Waals surface area (Å²) in [7, 11) is 0. The van der Waals surface area contributed by atoms with Gasteiger partial charge in [-0.25, -0.2) is 9.97 Å². The van der Waals surface area contributed by atoms with Crippen molar-refractivity contribution in [2.45, 2.75) is 45.7 Å². The number of aryl methyl sites for hydroxylation is 2. The first-order chi connectivity index (χ1) is 15.9. The highest BCUT2D eigenvalue weighted by Crippen LogP contribution is 2.46. The van der Waals surface area contributed by atoms with E-state index in [-0.39, 0.29) is 11.9 Å². The second-order valence-corrected chi connectivity index (χ2v) is 9.78. The quantitative estimate of drug-likeness (QED) is 0.629. The van der Waals surface area contributed by atoms with Gasteiger partial charge in [-0.15, -0.1) is 0 Å². The van der Waals surface area contributed by atoms with Gasteiger partial charge >= 0.3 is 0 Å². The number of piperidine rings is 1. The van der Waals surface area contributed by atoms with E-state index in [2.05, 4.69) is 32.4 Å². The van der Waals surface area contributed by atoms with Crippen molar-refractivity contribution >= 4 is 17.5 Å². The lowest BCUT2D eigenvalue weighted by molar-refractivity contribution is 0.0936. The third-order valence-electron chi connectivity index (χ3n) is 7.39. The van der Waals surface area contributed by atoms with E-state index >= 15 is 0 Å². The van der Waals surface area contributed by atoms with Crippen molar-refractivity contribution in [3.05, 3.63) is 64.2 Å². The smallest absolute Gasteiger partial charge is 0.254 e. The van der Waals surface area contributed by atoms with Crippen LogP contribution in [0.25, 0.3) is 0 Å². The Labute approximate surface area is 193 Å². The molecule has 8 nitrogen and oxygen atoms in total. The highest BCUT2D eigenvalue weighted by Gasteiger charge is 2.45. The standard InChI is InChI=1S/C25H29N7O/c1-14-7-21-20(24(26)28-14)4-5-22(21)30-25(33)19-9-27-32(13-19)12-16-3-6-23(29-15(16)2)31-10-17-8-18(17)11-31/h3,6-7,9,13,17-18,22H,4-5,8,10-12H2,1-2H3,(H2,26,28)(H,30,33). The number of hydrogen-bond donors (Lipinski definition) is 2. The summed E-state index contributed by atoms with van der Waals surface area (Å²) in [6.45, 7) is 6.84. The molecule has 1 saturated carbocycles. The number of nitrogen functional groups attached to an aromatic ring is 1. The molecule has 0 aromatic carbocycles. The van der Waals surface area contributed by atoms with Crippen molar-refractivity contribution in [1.29, 1.82) is 0 Å². The van der Waals surface area contributed by atoms with Gasteiger partial charge in [-0.2, -0.15) is 5.10 Å². The zero-order valence-electron chi connectivity index (χ0n) is 19.1. The van der Waals surface area contributed by atoms with Gasteiger partial charge in [-0.05, 0) is 73.8 Å². The molecule has 0 spiro atoms. The van der Waals surface area contributed by atoms with Crippen LogP contribution < -0.4 is 16.0 Å². The topological polar surface area (TPSA) is 102 Å². The Hall–Kier alpha value is -3.42. The van der Waals surface area contributed by atoms with Crippen LogP contribution in [0.1, 0.15) is 57.3 Å². The molecule has 3 N–H and O–H groups in total. The first-order valence-corrected chi connectivity index (χ1v) is 11.8. The number of hydrogen-bond acceptors (Lipinski definition) is 6. The number of amides is 1. The highest BCUT2D eigenvalue weighted by molar-refractivity contribution is 5.94. The van der Waals surface area contributed by atoms with Gasteiger partial charge in [0.25, 0.3) is 5.91 Å². The summed E-state index contributed by atoms with van der Waals surface area (Å²) in [5.74, 6) is 3.30. The summed E-state index contributed by atoms with van der Waals surface area (Å²) in [4.78, 5) is 24.5. The maximum absolute atomic E-state index is 12.9. The fourth-order valence-corrected chi connectivity index (χ4v) is 5.42. The maximum atomic E-state index is 12.9. The number of anilines is 2. The minimum atomic E-state index is -0.120. The van der Waals surface area contributed by atoms with E-state index in [0.717, 1.165) is 71.7 Å². The van der Waals surface area contributed by atoms with Crippen LogP contribution in [-0.4, -0.2) is 38.7 Å².